The van der Waals surface area contributed by atoms with E-state index in [1.54, 1.807) is 6.20 Å². The molecule has 3 heterocycles. The van der Waals surface area contributed by atoms with Gasteiger partial charge in [-0.3, -0.25) is 9.59 Å². The van der Waals surface area contributed by atoms with Crippen LogP contribution >= 0.6 is 0 Å². The fourth-order valence-electron chi connectivity index (χ4n) is 3.16. The van der Waals surface area contributed by atoms with Crippen molar-refractivity contribution in [1.82, 2.24) is 15.3 Å². The molecule has 0 radical (unpaired) electrons. The number of nitrogens with zero attached hydrogens (tertiary/aromatic N) is 2. The minimum absolute atomic E-state index is 0.00748. The van der Waals surface area contributed by atoms with E-state index in [9.17, 15) is 9.59 Å². The van der Waals surface area contributed by atoms with Gasteiger partial charge in [0.05, 0.1) is 17.7 Å². The molecule has 9 heteroatoms. The number of nitrogens with one attached hydrogen (secondary N) is 4. The summed E-state index contributed by atoms with van der Waals surface area (Å²) in [6.07, 6.45) is 4.85. The van der Waals surface area contributed by atoms with Crippen LogP contribution in [0.5, 0.6) is 5.75 Å². The van der Waals surface area contributed by atoms with Crippen molar-refractivity contribution in [2.24, 2.45) is 0 Å². The molecular formula is C20H22N6O3. The second-order valence-electron chi connectivity index (χ2n) is 6.71. The van der Waals surface area contributed by atoms with Crippen molar-refractivity contribution in [1.29, 1.82) is 0 Å². The summed E-state index contributed by atoms with van der Waals surface area (Å²) in [5.41, 5.74) is 1.85. The molecular weight excluding hydrogens is 372 g/mol. The van der Waals surface area contributed by atoms with Crippen molar-refractivity contribution in [2.75, 3.05) is 35.6 Å². The Bertz CT molecular complexity index is 959. The van der Waals surface area contributed by atoms with E-state index >= 15 is 0 Å². The number of benzene rings is 1. The lowest BCUT2D eigenvalue weighted by atomic mass is 10.1. The monoisotopic (exact) mass is 394 g/mol. The van der Waals surface area contributed by atoms with E-state index in [-0.39, 0.29) is 11.8 Å². The number of hydrogen-bond donors (Lipinski definition) is 4. The molecule has 2 aromatic rings. The number of fused-ring (bicyclic) bond motifs is 2. The number of rotatable bonds is 0. The van der Waals surface area contributed by atoms with Gasteiger partial charge in [0.2, 0.25) is 5.91 Å². The lowest BCUT2D eigenvalue weighted by Crippen LogP contribution is -2.26. The summed E-state index contributed by atoms with van der Waals surface area (Å²) in [5, 5.41) is 12.0. The third-order valence-corrected chi connectivity index (χ3v) is 4.60. The van der Waals surface area contributed by atoms with Gasteiger partial charge in [0.15, 0.2) is 0 Å². The van der Waals surface area contributed by atoms with Crippen LogP contribution in [0.4, 0.5) is 17.3 Å². The lowest BCUT2D eigenvalue weighted by molar-refractivity contribution is -0.121. The Labute approximate surface area is 168 Å². The van der Waals surface area contributed by atoms with Crippen LogP contribution in [-0.4, -0.2) is 41.5 Å². The van der Waals surface area contributed by atoms with Crippen LogP contribution in [-0.2, 0) is 9.59 Å². The molecule has 0 atom stereocenters. The first-order valence-corrected chi connectivity index (χ1v) is 9.57. The van der Waals surface area contributed by atoms with Crippen molar-refractivity contribution in [3.05, 3.63) is 42.4 Å². The molecule has 2 bridgehead atoms. The quantitative estimate of drug-likeness (QED) is 0.540. The first-order valence-electron chi connectivity index (χ1n) is 9.57. The van der Waals surface area contributed by atoms with Gasteiger partial charge in [-0.05, 0) is 25.0 Å². The first kappa shape index (κ1) is 18.7. The van der Waals surface area contributed by atoms with Gasteiger partial charge in [0.25, 0.3) is 5.91 Å². The molecule has 1 aromatic carbocycles. The Balaban J connectivity index is 1.62. The average Bonchev–Trinajstić information content (AvgIpc) is 3.05. The standard InChI is InChI=1S/C20H22N6O3/c27-16-6-2-9-29-14-5-1-4-13(10-14)23-11-15-17-18(22-8-3-7-21-16)24-12-25-19(17)26-20(15)28/h1,4-5,10-12,23H,2-3,6-9H2,(H,21,27)(H2,22,24,25,26,28)/b15-11-. The third-order valence-electron chi connectivity index (χ3n) is 4.60. The highest BCUT2D eigenvalue weighted by atomic mass is 16.5. The molecule has 0 aliphatic carbocycles. The SMILES string of the molecule is O=C1CCCOc2cccc(c2)N/C=C2\C(=O)Nc3ncnc(c32)NCCCN1. The molecule has 1 aromatic heterocycles. The minimum atomic E-state index is -0.245. The minimum Gasteiger partial charge on any atom is -0.494 e. The third kappa shape index (κ3) is 4.45. The average molecular weight is 394 g/mol. The molecule has 0 unspecified atom stereocenters. The van der Waals surface area contributed by atoms with Crippen molar-refractivity contribution in [3.63, 3.8) is 0 Å². The summed E-state index contributed by atoms with van der Waals surface area (Å²) in [6.45, 7) is 1.61. The van der Waals surface area contributed by atoms with Gasteiger partial charge in [-0.1, -0.05) is 6.07 Å². The van der Waals surface area contributed by atoms with Crippen molar-refractivity contribution in [2.45, 2.75) is 19.3 Å². The van der Waals surface area contributed by atoms with Crippen LogP contribution in [0.3, 0.4) is 0 Å². The Morgan fingerprint density at radius 1 is 1.00 bits per heavy atom. The molecule has 4 N–H and O–H groups in total. The number of ether oxygens (including phenoxy) is 1. The van der Waals surface area contributed by atoms with E-state index in [2.05, 4.69) is 31.2 Å². The topological polar surface area (TPSA) is 117 Å². The van der Waals surface area contributed by atoms with Gasteiger partial charge in [0.1, 0.15) is 23.7 Å². The Kier molecular flexibility index (Phi) is 5.55. The van der Waals surface area contributed by atoms with E-state index in [4.69, 9.17) is 4.74 Å². The number of anilines is 3. The van der Waals surface area contributed by atoms with Gasteiger partial charge in [-0.25, -0.2) is 9.97 Å². The highest BCUT2D eigenvalue weighted by Crippen LogP contribution is 2.34. The van der Waals surface area contributed by atoms with Crippen LogP contribution < -0.4 is 26.0 Å². The number of carbonyl (C=O) groups excluding carboxylic acids is 2. The van der Waals surface area contributed by atoms with Crippen LogP contribution in [0, 0.1) is 0 Å². The second kappa shape index (κ2) is 8.59. The number of carbonyl (C=O) groups is 2. The smallest absolute Gasteiger partial charge is 0.259 e. The Hall–Kier alpha value is -3.62. The lowest BCUT2D eigenvalue weighted by Gasteiger charge is -2.12. The van der Waals surface area contributed by atoms with Crippen LogP contribution in [0.2, 0.25) is 0 Å². The molecule has 0 fully saturated rings. The van der Waals surface area contributed by atoms with E-state index in [1.807, 2.05) is 24.3 Å². The number of amides is 2. The molecule has 2 amide bonds. The molecule has 0 saturated heterocycles. The summed E-state index contributed by atoms with van der Waals surface area (Å²) in [6, 6.07) is 7.43. The highest BCUT2D eigenvalue weighted by molar-refractivity contribution is 6.32. The van der Waals surface area contributed by atoms with E-state index in [0.29, 0.717) is 61.1 Å². The van der Waals surface area contributed by atoms with Crippen LogP contribution in [0.25, 0.3) is 5.57 Å². The predicted octanol–water partition coefficient (Wildman–Crippen LogP) is 1.97. The summed E-state index contributed by atoms with van der Waals surface area (Å²) >= 11 is 0. The largest absolute Gasteiger partial charge is 0.494 e. The summed E-state index contributed by atoms with van der Waals surface area (Å²) in [5.74, 6) is 1.50. The summed E-state index contributed by atoms with van der Waals surface area (Å²) in [4.78, 5) is 32.8. The Morgan fingerprint density at radius 2 is 1.86 bits per heavy atom. The Morgan fingerprint density at radius 3 is 2.79 bits per heavy atom. The maximum atomic E-state index is 12.4. The normalized spacial score (nSPS) is 19.0. The van der Waals surface area contributed by atoms with Crippen LogP contribution in [0.15, 0.2) is 36.8 Å². The number of hydrogen-bond acceptors (Lipinski definition) is 7. The molecule has 4 rings (SSSR count). The summed E-state index contributed by atoms with van der Waals surface area (Å²) < 4.78 is 5.73. The van der Waals surface area contributed by atoms with Crippen molar-refractivity contribution < 1.29 is 14.3 Å². The maximum Gasteiger partial charge on any atom is 0.259 e. The van der Waals surface area contributed by atoms with E-state index in [1.165, 1.54) is 6.33 Å². The molecule has 0 spiro atoms. The fraction of sp³-hybridized carbons (Fsp3) is 0.300. The highest BCUT2D eigenvalue weighted by Gasteiger charge is 2.29. The zero-order valence-corrected chi connectivity index (χ0v) is 15.8. The first-order chi connectivity index (χ1) is 14.2. The fourth-order valence-corrected chi connectivity index (χ4v) is 3.16. The molecule has 0 saturated carbocycles. The summed E-state index contributed by atoms with van der Waals surface area (Å²) in [7, 11) is 0. The molecule has 9 nitrogen and oxygen atoms in total. The van der Waals surface area contributed by atoms with Gasteiger partial charge < -0.3 is 26.0 Å². The zero-order chi connectivity index (χ0) is 20.1. The van der Waals surface area contributed by atoms with E-state index < -0.39 is 0 Å². The maximum absolute atomic E-state index is 12.4. The van der Waals surface area contributed by atoms with Gasteiger partial charge in [0, 0.05) is 37.5 Å². The number of aromatic nitrogens is 2. The van der Waals surface area contributed by atoms with Crippen molar-refractivity contribution >= 4 is 34.7 Å². The molecule has 2 aliphatic rings. The van der Waals surface area contributed by atoms with E-state index in [0.717, 1.165) is 12.1 Å². The zero-order valence-electron chi connectivity index (χ0n) is 15.8. The van der Waals surface area contributed by atoms with Gasteiger partial charge >= 0.3 is 0 Å². The van der Waals surface area contributed by atoms with Gasteiger partial charge in [-0.2, -0.15) is 0 Å². The van der Waals surface area contributed by atoms with Crippen molar-refractivity contribution in [3.8, 4) is 5.75 Å². The molecule has 29 heavy (non-hydrogen) atoms. The van der Waals surface area contributed by atoms with Gasteiger partial charge in [-0.15, -0.1) is 0 Å². The molecule has 2 aliphatic heterocycles. The predicted molar refractivity (Wildman–Crippen MR) is 110 cm³/mol. The van der Waals surface area contributed by atoms with Crippen LogP contribution in [0.1, 0.15) is 24.8 Å². The second-order valence-corrected chi connectivity index (χ2v) is 6.71. The molecule has 150 valence electrons.